The summed E-state index contributed by atoms with van der Waals surface area (Å²) in [5, 5.41) is 3.35. The van der Waals surface area contributed by atoms with E-state index in [1.807, 2.05) is 25.2 Å². The molecular weight excluding hydrogens is 236 g/mol. The van der Waals surface area contributed by atoms with Gasteiger partial charge in [0.05, 0.1) is 18.8 Å². The maximum atomic E-state index is 5.41. The van der Waals surface area contributed by atoms with E-state index in [1.54, 1.807) is 13.3 Å². The first kappa shape index (κ1) is 13.6. The second-order valence-electron chi connectivity index (χ2n) is 4.56. The minimum Gasteiger partial charge on any atom is -0.495 e. The lowest BCUT2D eigenvalue weighted by molar-refractivity contribution is 0.388. The van der Waals surface area contributed by atoms with Gasteiger partial charge >= 0.3 is 0 Å². The monoisotopic (exact) mass is 256 g/mol. The molecule has 1 aromatic heterocycles. The average molecular weight is 256 g/mol. The number of pyridine rings is 1. The molecule has 0 aliphatic rings. The molecule has 0 saturated heterocycles. The highest BCUT2D eigenvalue weighted by atomic mass is 16.5. The van der Waals surface area contributed by atoms with Gasteiger partial charge in [-0.2, -0.15) is 0 Å². The van der Waals surface area contributed by atoms with Crippen molar-refractivity contribution >= 4 is 0 Å². The molecule has 0 spiro atoms. The van der Waals surface area contributed by atoms with Gasteiger partial charge in [-0.3, -0.25) is 4.98 Å². The predicted octanol–water partition coefficient (Wildman–Crippen LogP) is 3.15. The van der Waals surface area contributed by atoms with E-state index in [4.69, 9.17) is 4.74 Å². The highest BCUT2D eigenvalue weighted by Gasteiger charge is 2.23. The van der Waals surface area contributed by atoms with E-state index in [2.05, 4.69) is 41.5 Å². The Morgan fingerprint density at radius 2 is 1.84 bits per heavy atom. The Morgan fingerprint density at radius 1 is 1.11 bits per heavy atom. The number of methoxy groups -OCH3 is 1. The number of nitrogens with one attached hydrogen (secondary N) is 1. The van der Waals surface area contributed by atoms with Gasteiger partial charge in [-0.1, -0.05) is 37.3 Å². The molecule has 0 saturated carbocycles. The molecule has 2 unspecified atom stereocenters. The molecule has 1 aromatic carbocycles. The van der Waals surface area contributed by atoms with Crippen LogP contribution in [0.15, 0.2) is 48.7 Å². The summed E-state index contributed by atoms with van der Waals surface area (Å²) in [7, 11) is 3.64. The minimum atomic E-state index is 0.124. The fourth-order valence-electron chi connectivity index (χ4n) is 2.38. The van der Waals surface area contributed by atoms with Gasteiger partial charge < -0.3 is 10.1 Å². The summed E-state index contributed by atoms with van der Waals surface area (Å²) in [5.41, 5.74) is 2.23. The SMILES string of the molecule is CNC(c1ncccc1OC)C(C)c1ccccc1. The van der Waals surface area contributed by atoms with Crippen molar-refractivity contribution in [2.24, 2.45) is 0 Å². The molecule has 3 nitrogen and oxygen atoms in total. The second-order valence-corrected chi connectivity index (χ2v) is 4.56. The first-order valence-corrected chi connectivity index (χ1v) is 6.49. The molecule has 3 heteroatoms. The van der Waals surface area contributed by atoms with Crippen LogP contribution in [0.2, 0.25) is 0 Å². The highest BCUT2D eigenvalue weighted by Crippen LogP contribution is 2.33. The van der Waals surface area contributed by atoms with Crippen molar-refractivity contribution in [2.45, 2.75) is 18.9 Å². The van der Waals surface area contributed by atoms with Crippen LogP contribution < -0.4 is 10.1 Å². The van der Waals surface area contributed by atoms with Crippen LogP contribution >= 0.6 is 0 Å². The predicted molar refractivity (Wildman–Crippen MR) is 77.4 cm³/mol. The summed E-state index contributed by atoms with van der Waals surface area (Å²) in [6.07, 6.45) is 1.81. The fraction of sp³-hybridized carbons (Fsp3) is 0.312. The summed E-state index contributed by atoms with van der Waals surface area (Å²) in [5.74, 6) is 1.14. The summed E-state index contributed by atoms with van der Waals surface area (Å²) < 4.78 is 5.41. The molecule has 100 valence electrons. The zero-order chi connectivity index (χ0) is 13.7. The number of ether oxygens (including phenoxy) is 1. The van der Waals surface area contributed by atoms with E-state index in [9.17, 15) is 0 Å². The van der Waals surface area contributed by atoms with Crippen molar-refractivity contribution in [1.82, 2.24) is 10.3 Å². The number of hydrogen-bond acceptors (Lipinski definition) is 3. The first-order chi connectivity index (χ1) is 9.27. The van der Waals surface area contributed by atoms with Crippen LogP contribution in [-0.4, -0.2) is 19.1 Å². The van der Waals surface area contributed by atoms with Gasteiger partial charge in [0.25, 0.3) is 0 Å². The lowest BCUT2D eigenvalue weighted by atomic mass is 9.90. The van der Waals surface area contributed by atoms with Gasteiger partial charge in [-0.15, -0.1) is 0 Å². The Bertz CT molecular complexity index is 513. The van der Waals surface area contributed by atoms with E-state index in [-0.39, 0.29) is 6.04 Å². The molecule has 0 bridgehead atoms. The average Bonchev–Trinajstić information content (AvgIpc) is 2.49. The van der Waals surface area contributed by atoms with E-state index in [0.717, 1.165) is 11.4 Å². The molecule has 2 rings (SSSR count). The zero-order valence-electron chi connectivity index (χ0n) is 11.6. The van der Waals surface area contributed by atoms with Gasteiger partial charge in [-0.05, 0) is 24.7 Å². The molecule has 0 aliphatic heterocycles. The smallest absolute Gasteiger partial charge is 0.142 e. The molecule has 0 aliphatic carbocycles. The summed E-state index contributed by atoms with van der Waals surface area (Å²) in [6.45, 7) is 2.20. The maximum Gasteiger partial charge on any atom is 0.142 e. The molecular formula is C16H20N2O. The Hall–Kier alpha value is -1.87. The lowest BCUT2D eigenvalue weighted by Crippen LogP contribution is -2.23. The van der Waals surface area contributed by atoms with E-state index >= 15 is 0 Å². The Kier molecular flexibility index (Phi) is 4.53. The second kappa shape index (κ2) is 6.34. The van der Waals surface area contributed by atoms with E-state index in [1.165, 1.54) is 5.56 Å². The largest absolute Gasteiger partial charge is 0.495 e. The maximum absolute atomic E-state index is 5.41. The molecule has 1 N–H and O–H groups in total. The third-order valence-electron chi connectivity index (χ3n) is 3.45. The Balaban J connectivity index is 2.34. The van der Waals surface area contributed by atoms with Gasteiger partial charge in [0.2, 0.25) is 0 Å². The molecule has 1 heterocycles. The third-order valence-corrected chi connectivity index (χ3v) is 3.45. The number of benzene rings is 1. The van der Waals surface area contributed by atoms with Gasteiger partial charge in [-0.25, -0.2) is 0 Å². The molecule has 19 heavy (non-hydrogen) atoms. The Morgan fingerprint density at radius 3 is 2.47 bits per heavy atom. The van der Waals surface area contributed by atoms with Crippen molar-refractivity contribution < 1.29 is 4.74 Å². The number of hydrogen-bond donors (Lipinski definition) is 1. The number of likely N-dealkylation sites (N-methyl/N-ethyl adjacent to an activating group) is 1. The summed E-state index contributed by atoms with van der Waals surface area (Å²) in [4.78, 5) is 4.48. The van der Waals surface area contributed by atoms with E-state index in [0.29, 0.717) is 5.92 Å². The van der Waals surface area contributed by atoms with Crippen LogP contribution in [0, 0.1) is 0 Å². The Labute approximate surface area is 114 Å². The van der Waals surface area contributed by atoms with Crippen LogP contribution in [-0.2, 0) is 0 Å². The minimum absolute atomic E-state index is 0.124. The van der Waals surface area contributed by atoms with Crippen molar-refractivity contribution in [3.8, 4) is 5.75 Å². The normalized spacial score (nSPS) is 13.8. The van der Waals surface area contributed by atoms with Crippen molar-refractivity contribution in [1.29, 1.82) is 0 Å². The first-order valence-electron chi connectivity index (χ1n) is 6.49. The molecule has 0 radical (unpaired) electrons. The number of nitrogens with zero attached hydrogens (tertiary/aromatic N) is 1. The number of aromatic nitrogens is 1. The van der Waals surface area contributed by atoms with Crippen LogP contribution in [0.4, 0.5) is 0 Å². The summed E-state index contributed by atoms with van der Waals surface area (Å²) in [6, 6.07) is 14.4. The molecule has 0 fully saturated rings. The lowest BCUT2D eigenvalue weighted by Gasteiger charge is -2.24. The van der Waals surface area contributed by atoms with E-state index < -0.39 is 0 Å². The molecule has 2 atom stereocenters. The number of rotatable bonds is 5. The van der Waals surface area contributed by atoms with Crippen LogP contribution in [0.3, 0.4) is 0 Å². The van der Waals surface area contributed by atoms with Crippen molar-refractivity contribution in [2.75, 3.05) is 14.2 Å². The molecule has 0 amide bonds. The van der Waals surface area contributed by atoms with Crippen LogP contribution in [0.25, 0.3) is 0 Å². The van der Waals surface area contributed by atoms with Gasteiger partial charge in [0, 0.05) is 12.1 Å². The third kappa shape index (κ3) is 2.93. The van der Waals surface area contributed by atoms with Crippen molar-refractivity contribution in [3.05, 3.63) is 59.9 Å². The standard InChI is InChI=1S/C16H20N2O/c1-12(13-8-5-4-6-9-13)15(17-2)16-14(19-3)10-7-11-18-16/h4-12,15,17H,1-3H3. The van der Waals surface area contributed by atoms with Crippen molar-refractivity contribution in [3.63, 3.8) is 0 Å². The fourth-order valence-corrected chi connectivity index (χ4v) is 2.38. The zero-order valence-corrected chi connectivity index (χ0v) is 11.6. The van der Waals surface area contributed by atoms with Gasteiger partial charge in [0.15, 0.2) is 0 Å². The van der Waals surface area contributed by atoms with Gasteiger partial charge in [0.1, 0.15) is 5.75 Å². The topological polar surface area (TPSA) is 34.2 Å². The summed E-state index contributed by atoms with van der Waals surface area (Å²) >= 11 is 0. The van der Waals surface area contributed by atoms with Crippen LogP contribution in [0.5, 0.6) is 5.75 Å². The highest BCUT2D eigenvalue weighted by molar-refractivity contribution is 5.33. The van der Waals surface area contributed by atoms with Crippen LogP contribution in [0.1, 0.15) is 30.1 Å². The molecule has 2 aromatic rings. The quantitative estimate of drug-likeness (QED) is 0.892.